The smallest absolute Gasteiger partial charge is 0.224 e. The number of carbonyl (C=O) groups is 2. The van der Waals surface area contributed by atoms with E-state index in [2.05, 4.69) is 10.2 Å². The Labute approximate surface area is 165 Å². The second kappa shape index (κ2) is 9.35. The quantitative estimate of drug-likeness (QED) is 0.830. The van der Waals surface area contributed by atoms with Gasteiger partial charge in [0.1, 0.15) is 5.82 Å². The van der Waals surface area contributed by atoms with Crippen LogP contribution in [0.15, 0.2) is 54.6 Å². The first-order chi connectivity index (χ1) is 13.5. The molecule has 0 saturated carbocycles. The van der Waals surface area contributed by atoms with Crippen molar-refractivity contribution in [3.8, 4) is 0 Å². The van der Waals surface area contributed by atoms with E-state index < -0.39 is 0 Å². The fourth-order valence-corrected chi connectivity index (χ4v) is 3.42. The molecule has 6 heteroatoms. The third-order valence-corrected chi connectivity index (χ3v) is 4.94. The van der Waals surface area contributed by atoms with E-state index in [1.54, 1.807) is 12.1 Å². The predicted octanol–water partition coefficient (Wildman–Crippen LogP) is 3.53. The molecule has 0 radical (unpaired) electrons. The van der Waals surface area contributed by atoms with Gasteiger partial charge in [-0.3, -0.25) is 9.59 Å². The summed E-state index contributed by atoms with van der Waals surface area (Å²) in [5.74, 6) is -0.263. The van der Waals surface area contributed by atoms with Gasteiger partial charge in [-0.25, -0.2) is 4.39 Å². The summed E-state index contributed by atoms with van der Waals surface area (Å²) in [7, 11) is 0. The van der Waals surface area contributed by atoms with Crippen molar-refractivity contribution in [2.24, 2.45) is 5.92 Å². The van der Waals surface area contributed by atoms with Crippen LogP contribution in [0.2, 0.25) is 0 Å². The van der Waals surface area contributed by atoms with Crippen LogP contribution in [0.4, 0.5) is 15.8 Å². The summed E-state index contributed by atoms with van der Waals surface area (Å²) in [6.45, 7) is 4.65. The van der Waals surface area contributed by atoms with Gasteiger partial charge >= 0.3 is 0 Å². The fraction of sp³-hybridized carbons (Fsp3) is 0.364. The second-order valence-corrected chi connectivity index (χ2v) is 7.27. The average Bonchev–Trinajstić information content (AvgIpc) is 2.69. The van der Waals surface area contributed by atoms with E-state index in [1.807, 2.05) is 42.2 Å². The Morgan fingerprint density at radius 1 is 0.964 bits per heavy atom. The van der Waals surface area contributed by atoms with Gasteiger partial charge in [0.25, 0.3) is 0 Å². The molecule has 1 aliphatic rings. The van der Waals surface area contributed by atoms with Gasteiger partial charge < -0.3 is 15.1 Å². The number of nitrogens with zero attached hydrogens (tertiary/aromatic N) is 2. The van der Waals surface area contributed by atoms with Gasteiger partial charge in [-0.05, 0) is 42.3 Å². The molecule has 28 heavy (non-hydrogen) atoms. The van der Waals surface area contributed by atoms with E-state index in [1.165, 1.54) is 12.1 Å². The normalized spacial score (nSPS) is 15.2. The third kappa shape index (κ3) is 5.55. The van der Waals surface area contributed by atoms with Crippen LogP contribution in [0.3, 0.4) is 0 Å². The molecular weight excluding hydrogens is 357 g/mol. The Balaban J connectivity index is 1.42. The van der Waals surface area contributed by atoms with Crippen LogP contribution in [-0.2, 0) is 9.59 Å². The van der Waals surface area contributed by atoms with E-state index in [0.29, 0.717) is 25.9 Å². The molecule has 1 aliphatic heterocycles. The second-order valence-electron chi connectivity index (χ2n) is 7.27. The molecule has 0 bridgehead atoms. The number of amides is 2. The van der Waals surface area contributed by atoms with Crippen molar-refractivity contribution in [3.05, 3.63) is 60.4 Å². The highest BCUT2D eigenvalue weighted by molar-refractivity contribution is 5.91. The van der Waals surface area contributed by atoms with E-state index in [0.717, 1.165) is 24.5 Å². The number of carbonyl (C=O) groups excluding carboxylic acids is 2. The van der Waals surface area contributed by atoms with Crippen molar-refractivity contribution in [2.45, 2.75) is 19.8 Å². The molecule has 0 aromatic heterocycles. The summed E-state index contributed by atoms with van der Waals surface area (Å²) in [6, 6.07) is 15.8. The number of benzene rings is 2. The molecule has 1 atom stereocenters. The summed E-state index contributed by atoms with van der Waals surface area (Å²) >= 11 is 0. The number of para-hydroxylation sites is 1. The number of hydrogen-bond donors (Lipinski definition) is 1. The van der Waals surface area contributed by atoms with Crippen LogP contribution in [0, 0.1) is 11.7 Å². The van der Waals surface area contributed by atoms with E-state index >= 15 is 0 Å². The van der Waals surface area contributed by atoms with Gasteiger partial charge in [0.2, 0.25) is 11.8 Å². The van der Waals surface area contributed by atoms with E-state index in [4.69, 9.17) is 0 Å². The molecule has 1 saturated heterocycles. The SMILES string of the molecule is C[C@H](CC(=O)Nc1ccccc1)CC(=O)N1CCN(c2ccc(F)cc2)CC1. The Morgan fingerprint density at radius 3 is 2.25 bits per heavy atom. The zero-order chi connectivity index (χ0) is 19.9. The summed E-state index contributed by atoms with van der Waals surface area (Å²) in [5.41, 5.74) is 1.74. The minimum atomic E-state index is -0.247. The van der Waals surface area contributed by atoms with Gasteiger partial charge in [0, 0.05) is 50.4 Å². The summed E-state index contributed by atoms with van der Waals surface area (Å²) < 4.78 is 13.1. The number of rotatable bonds is 6. The standard InChI is InChI=1S/C22H26FN3O2/c1-17(15-21(27)24-19-5-3-2-4-6-19)16-22(28)26-13-11-25(12-14-26)20-9-7-18(23)8-10-20/h2-10,17H,11-16H2,1H3,(H,24,27)/t17-/m1/s1. The number of halogens is 1. The topological polar surface area (TPSA) is 52.7 Å². The fourth-order valence-electron chi connectivity index (χ4n) is 3.42. The molecule has 3 rings (SSSR count). The average molecular weight is 383 g/mol. The van der Waals surface area contributed by atoms with Gasteiger partial charge in [-0.1, -0.05) is 25.1 Å². The first-order valence-corrected chi connectivity index (χ1v) is 9.64. The Hall–Kier alpha value is -2.89. The highest BCUT2D eigenvalue weighted by Crippen LogP contribution is 2.18. The molecule has 2 amide bonds. The predicted molar refractivity (Wildman–Crippen MR) is 109 cm³/mol. The Bertz CT molecular complexity index is 787. The monoisotopic (exact) mass is 383 g/mol. The number of nitrogens with one attached hydrogen (secondary N) is 1. The molecule has 0 aliphatic carbocycles. The number of anilines is 2. The van der Waals surface area contributed by atoms with E-state index in [9.17, 15) is 14.0 Å². The molecule has 148 valence electrons. The lowest BCUT2D eigenvalue weighted by Crippen LogP contribution is -2.49. The van der Waals surface area contributed by atoms with Crippen LogP contribution < -0.4 is 10.2 Å². The third-order valence-electron chi connectivity index (χ3n) is 4.94. The van der Waals surface area contributed by atoms with Crippen molar-refractivity contribution in [1.29, 1.82) is 0 Å². The number of piperazine rings is 1. The molecule has 1 N–H and O–H groups in total. The first-order valence-electron chi connectivity index (χ1n) is 9.64. The van der Waals surface area contributed by atoms with Crippen molar-refractivity contribution in [2.75, 3.05) is 36.4 Å². The van der Waals surface area contributed by atoms with Crippen molar-refractivity contribution in [1.82, 2.24) is 4.90 Å². The van der Waals surface area contributed by atoms with Crippen LogP contribution in [-0.4, -0.2) is 42.9 Å². The minimum Gasteiger partial charge on any atom is -0.368 e. The van der Waals surface area contributed by atoms with E-state index in [-0.39, 0.29) is 23.5 Å². The summed E-state index contributed by atoms with van der Waals surface area (Å²) in [4.78, 5) is 28.7. The molecule has 2 aromatic carbocycles. The highest BCUT2D eigenvalue weighted by atomic mass is 19.1. The lowest BCUT2D eigenvalue weighted by molar-refractivity contribution is -0.132. The van der Waals surface area contributed by atoms with Crippen LogP contribution >= 0.6 is 0 Å². The molecule has 0 unspecified atom stereocenters. The Morgan fingerprint density at radius 2 is 1.61 bits per heavy atom. The van der Waals surface area contributed by atoms with Gasteiger partial charge in [0.15, 0.2) is 0 Å². The maximum absolute atomic E-state index is 13.1. The molecule has 1 heterocycles. The van der Waals surface area contributed by atoms with Gasteiger partial charge in [0.05, 0.1) is 0 Å². The zero-order valence-corrected chi connectivity index (χ0v) is 16.1. The van der Waals surface area contributed by atoms with Crippen molar-refractivity contribution < 1.29 is 14.0 Å². The minimum absolute atomic E-state index is 0.0219. The molecular formula is C22H26FN3O2. The lowest BCUT2D eigenvalue weighted by Gasteiger charge is -2.36. The van der Waals surface area contributed by atoms with Crippen LogP contribution in [0.25, 0.3) is 0 Å². The maximum atomic E-state index is 13.1. The number of hydrogen-bond acceptors (Lipinski definition) is 3. The first kappa shape index (κ1) is 19.9. The maximum Gasteiger partial charge on any atom is 0.224 e. The van der Waals surface area contributed by atoms with Crippen molar-refractivity contribution >= 4 is 23.2 Å². The summed E-state index contributed by atoms with van der Waals surface area (Å²) in [5, 5.41) is 2.86. The van der Waals surface area contributed by atoms with Gasteiger partial charge in [-0.15, -0.1) is 0 Å². The summed E-state index contributed by atoms with van der Waals surface area (Å²) in [6.07, 6.45) is 0.676. The highest BCUT2D eigenvalue weighted by Gasteiger charge is 2.23. The molecule has 0 spiro atoms. The van der Waals surface area contributed by atoms with Crippen LogP contribution in [0.1, 0.15) is 19.8 Å². The largest absolute Gasteiger partial charge is 0.368 e. The molecule has 5 nitrogen and oxygen atoms in total. The zero-order valence-electron chi connectivity index (χ0n) is 16.1. The molecule has 2 aromatic rings. The lowest BCUT2D eigenvalue weighted by atomic mass is 10.0. The van der Waals surface area contributed by atoms with Crippen LogP contribution in [0.5, 0.6) is 0 Å². The molecule has 1 fully saturated rings. The Kier molecular flexibility index (Phi) is 6.63. The van der Waals surface area contributed by atoms with Gasteiger partial charge in [-0.2, -0.15) is 0 Å². The van der Waals surface area contributed by atoms with Crippen molar-refractivity contribution in [3.63, 3.8) is 0 Å².